The lowest BCUT2D eigenvalue weighted by Crippen LogP contribution is -2.29. The number of likely N-dealkylation sites (tertiary alicyclic amines) is 1. The van der Waals surface area contributed by atoms with Gasteiger partial charge in [-0.15, -0.1) is 0 Å². The number of piperidine rings is 1. The summed E-state index contributed by atoms with van der Waals surface area (Å²) in [5, 5.41) is 12.8. The number of hydrogen-bond acceptors (Lipinski definition) is 7. The molecule has 6 aromatic rings. The Hall–Kier alpha value is -4.67. The average Bonchev–Trinajstić information content (AvgIpc) is 3.65. The molecule has 0 bridgehead atoms. The van der Waals surface area contributed by atoms with Crippen molar-refractivity contribution < 1.29 is 4.39 Å². The third kappa shape index (κ3) is 5.91. The van der Waals surface area contributed by atoms with E-state index in [2.05, 4.69) is 57.4 Å². The van der Waals surface area contributed by atoms with Crippen molar-refractivity contribution in [3.8, 4) is 33.8 Å². The Balaban J connectivity index is 1.21. The number of aromatic amines is 2. The maximum absolute atomic E-state index is 14.7. The number of H-pyrrole nitrogens is 2. The molecule has 0 unspecified atom stereocenters. The molecular weight excluding hydrogens is 553 g/mol. The molecule has 0 saturated carbocycles. The zero-order valence-electron chi connectivity index (χ0n) is 25.1. The zero-order chi connectivity index (χ0) is 30.0. The van der Waals surface area contributed by atoms with Crippen LogP contribution in [0.1, 0.15) is 24.8 Å². The molecule has 1 saturated heterocycles. The first-order valence-corrected chi connectivity index (χ1v) is 15.2. The summed E-state index contributed by atoms with van der Waals surface area (Å²) in [5.74, 6) is -0.308. The molecular formula is C34H36FN9. The highest BCUT2D eigenvalue weighted by Gasteiger charge is 2.17. The Bertz CT molecular complexity index is 1920. The second-order valence-electron chi connectivity index (χ2n) is 11.9. The average molecular weight is 590 g/mol. The van der Waals surface area contributed by atoms with E-state index >= 15 is 0 Å². The molecule has 0 aliphatic carbocycles. The molecule has 0 atom stereocenters. The standard InChI is InChI=1S/C34H36FN9/c1-43(2)11-8-37-27-14-23(13-26(35)16-27)32-28-17-31(40-30(28)6-7-38-32)33-29-15-25(20-39-34(29)42-41-33)24-12-22(18-36-19-24)21-44-9-4-3-5-10-44/h6-7,12-20,37,40H,3-5,8-11,21H2,1-2H3,(H,39,41,42). The van der Waals surface area contributed by atoms with E-state index in [1.54, 1.807) is 6.20 Å². The number of anilines is 1. The first-order valence-electron chi connectivity index (χ1n) is 15.2. The smallest absolute Gasteiger partial charge is 0.181 e. The Morgan fingerprint density at radius 1 is 0.909 bits per heavy atom. The number of pyridine rings is 3. The summed E-state index contributed by atoms with van der Waals surface area (Å²) in [6, 6.07) is 13.3. The van der Waals surface area contributed by atoms with Gasteiger partial charge in [0.15, 0.2) is 5.65 Å². The van der Waals surface area contributed by atoms with Gasteiger partial charge in [0.1, 0.15) is 5.82 Å². The number of aromatic nitrogens is 6. The first-order chi connectivity index (χ1) is 21.5. The second kappa shape index (κ2) is 12.1. The third-order valence-electron chi connectivity index (χ3n) is 8.27. The minimum absolute atomic E-state index is 0.308. The molecule has 1 aliphatic heterocycles. The SMILES string of the molecule is CN(C)CCNc1cc(F)cc(-c2nccc3[nH]c(-c4[nH]nc5ncc(-c6cncc(CN7CCCCC7)c6)cc45)cc23)c1. The minimum atomic E-state index is -0.308. The lowest BCUT2D eigenvalue weighted by Gasteiger charge is -2.26. The summed E-state index contributed by atoms with van der Waals surface area (Å²) in [6.07, 6.45) is 11.3. The number of benzene rings is 1. The number of halogens is 1. The highest BCUT2D eigenvalue weighted by molar-refractivity contribution is 6.00. The van der Waals surface area contributed by atoms with Crippen molar-refractivity contribution in [1.82, 2.24) is 39.9 Å². The van der Waals surface area contributed by atoms with Gasteiger partial charge in [-0.1, -0.05) is 6.42 Å². The van der Waals surface area contributed by atoms with Gasteiger partial charge in [-0.2, -0.15) is 5.10 Å². The van der Waals surface area contributed by atoms with Crippen LogP contribution in [0.25, 0.3) is 55.7 Å². The number of hydrogen-bond donors (Lipinski definition) is 3. The van der Waals surface area contributed by atoms with Crippen LogP contribution >= 0.6 is 0 Å². The van der Waals surface area contributed by atoms with Crippen LogP contribution in [0.2, 0.25) is 0 Å². The molecule has 5 aromatic heterocycles. The van der Waals surface area contributed by atoms with Crippen molar-refractivity contribution in [2.24, 2.45) is 0 Å². The van der Waals surface area contributed by atoms with E-state index in [9.17, 15) is 4.39 Å². The molecule has 0 amide bonds. The van der Waals surface area contributed by atoms with Crippen LogP contribution in [0.4, 0.5) is 10.1 Å². The summed E-state index contributed by atoms with van der Waals surface area (Å²) >= 11 is 0. The summed E-state index contributed by atoms with van der Waals surface area (Å²) < 4.78 is 14.7. The van der Waals surface area contributed by atoms with E-state index in [1.165, 1.54) is 37.0 Å². The molecule has 9 nitrogen and oxygen atoms in total. The number of nitrogens with zero attached hydrogens (tertiary/aromatic N) is 6. The normalized spacial score (nSPS) is 14.2. The van der Waals surface area contributed by atoms with Crippen LogP contribution in [-0.4, -0.2) is 80.2 Å². The van der Waals surface area contributed by atoms with Crippen molar-refractivity contribution in [3.05, 3.63) is 78.6 Å². The summed E-state index contributed by atoms with van der Waals surface area (Å²) in [7, 11) is 4.02. The molecule has 10 heteroatoms. The van der Waals surface area contributed by atoms with Gasteiger partial charge in [-0.25, -0.2) is 9.37 Å². The number of rotatable bonds is 9. The third-order valence-corrected chi connectivity index (χ3v) is 8.27. The lowest BCUT2D eigenvalue weighted by molar-refractivity contribution is 0.220. The van der Waals surface area contributed by atoms with Gasteiger partial charge in [0.05, 0.1) is 17.1 Å². The fourth-order valence-corrected chi connectivity index (χ4v) is 6.04. The van der Waals surface area contributed by atoms with Crippen LogP contribution in [0, 0.1) is 5.82 Å². The molecule has 1 fully saturated rings. The van der Waals surface area contributed by atoms with Gasteiger partial charge < -0.3 is 15.2 Å². The molecule has 224 valence electrons. The number of fused-ring (bicyclic) bond motifs is 2. The second-order valence-corrected chi connectivity index (χ2v) is 11.9. The molecule has 0 radical (unpaired) electrons. The fourth-order valence-electron chi connectivity index (χ4n) is 6.04. The fraction of sp³-hybridized carbons (Fsp3) is 0.294. The van der Waals surface area contributed by atoms with Crippen molar-refractivity contribution >= 4 is 27.6 Å². The summed E-state index contributed by atoms with van der Waals surface area (Å²) in [6.45, 7) is 4.76. The molecule has 7 rings (SSSR count). The van der Waals surface area contributed by atoms with Gasteiger partial charge in [-0.3, -0.25) is 20.0 Å². The Labute approximate surface area is 255 Å². The van der Waals surface area contributed by atoms with Crippen LogP contribution < -0.4 is 5.32 Å². The van der Waals surface area contributed by atoms with Gasteiger partial charge in [0.2, 0.25) is 0 Å². The van der Waals surface area contributed by atoms with E-state index in [0.29, 0.717) is 23.4 Å². The molecule has 44 heavy (non-hydrogen) atoms. The van der Waals surface area contributed by atoms with E-state index in [4.69, 9.17) is 0 Å². The predicted molar refractivity (Wildman–Crippen MR) is 174 cm³/mol. The van der Waals surface area contributed by atoms with Gasteiger partial charge in [0, 0.05) is 83.1 Å². The van der Waals surface area contributed by atoms with Crippen LogP contribution in [-0.2, 0) is 6.54 Å². The number of nitrogens with one attached hydrogen (secondary N) is 3. The number of likely N-dealkylation sites (N-methyl/N-ethyl adjacent to an activating group) is 1. The first kappa shape index (κ1) is 28.1. The summed E-state index contributed by atoms with van der Waals surface area (Å²) in [4.78, 5) is 22.0. The molecule has 6 heterocycles. The topological polar surface area (TPSA) is 102 Å². The van der Waals surface area contributed by atoms with Crippen molar-refractivity contribution in [3.63, 3.8) is 0 Å². The van der Waals surface area contributed by atoms with Crippen molar-refractivity contribution in [2.75, 3.05) is 45.6 Å². The predicted octanol–water partition coefficient (Wildman–Crippen LogP) is 6.33. The van der Waals surface area contributed by atoms with Gasteiger partial charge in [0.25, 0.3) is 0 Å². The van der Waals surface area contributed by atoms with Crippen molar-refractivity contribution in [1.29, 1.82) is 0 Å². The zero-order valence-corrected chi connectivity index (χ0v) is 25.1. The monoisotopic (exact) mass is 589 g/mol. The lowest BCUT2D eigenvalue weighted by atomic mass is 10.0. The Kier molecular flexibility index (Phi) is 7.76. The van der Waals surface area contributed by atoms with E-state index in [-0.39, 0.29) is 5.82 Å². The Morgan fingerprint density at radius 3 is 2.64 bits per heavy atom. The maximum Gasteiger partial charge on any atom is 0.181 e. The highest BCUT2D eigenvalue weighted by Crippen LogP contribution is 2.35. The van der Waals surface area contributed by atoms with Crippen LogP contribution in [0.3, 0.4) is 0 Å². The van der Waals surface area contributed by atoms with Crippen LogP contribution in [0.15, 0.2) is 67.3 Å². The maximum atomic E-state index is 14.7. The van der Waals surface area contributed by atoms with E-state index in [1.807, 2.05) is 50.9 Å². The summed E-state index contributed by atoms with van der Waals surface area (Å²) in [5.41, 5.74) is 8.60. The quantitative estimate of drug-likeness (QED) is 0.181. The largest absolute Gasteiger partial charge is 0.384 e. The molecule has 1 aromatic carbocycles. The minimum Gasteiger partial charge on any atom is -0.384 e. The Morgan fingerprint density at radius 2 is 1.77 bits per heavy atom. The van der Waals surface area contributed by atoms with Gasteiger partial charge >= 0.3 is 0 Å². The molecule has 3 N–H and O–H groups in total. The molecule has 1 aliphatic rings. The van der Waals surface area contributed by atoms with E-state index in [0.717, 1.165) is 70.7 Å². The highest BCUT2D eigenvalue weighted by atomic mass is 19.1. The van der Waals surface area contributed by atoms with Crippen molar-refractivity contribution in [2.45, 2.75) is 25.8 Å². The van der Waals surface area contributed by atoms with Crippen LogP contribution in [0.5, 0.6) is 0 Å². The van der Waals surface area contributed by atoms with Gasteiger partial charge in [-0.05, 0) is 88.1 Å². The molecule has 0 spiro atoms. The van der Waals surface area contributed by atoms with E-state index < -0.39 is 0 Å².